The lowest BCUT2D eigenvalue weighted by molar-refractivity contribution is -0.120. The van der Waals surface area contributed by atoms with Gasteiger partial charge >= 0.3 is 0 Å². The number of ether oxygens (including phenoxy) is 1. The van der Waals surface area contributed by atoms with Gasteiger partial charge in [0.25, 0.3) is 0 Å². The molecule has 1 atom stereocenters. The Kier molecular flexibility index (Phi) is 8.40. The molecule has 0 aliphatic carbocycles. The van der Waals surface area contributed by atoms with Crippen molar-refractivity contribution >= 4 is 17.7 Å². The average molecular weight is 358 g/mol. The van der Waals surface area contributed by atoms with Crippen LogP contribution in [0.15, 0.2) is 54.6 Å². The molecule has 1 amide bonds. The van der Waals surface area contributed by atoms with Crippen molar-refractivity contribution in [1.29, 1.82) is 0 Å². The van der Waals surface area contributed by atoms with E-state index in [1.807, 2.05) is 50.2 Å². The summed E-state index contributed by atoms with van der Waals surface area (Å²) in [4.78, 5) is 12.2. The second-order valence-corrected chi connectivity index (χ2v) is 7.20. The van der Waals surface area contributed by atoms with Crippen LogP contribution in [-0.2, 0) is 17.0 Å². The number of thioether (sulfide) groups is 1. The highest BCUT2D eigenvalue weighted by molar-refractivity contribution is 7.99. The molecule has 0 saturated carbocycles. The molecule has 3 nitrogen and oxygen atoms in total. The van der Waals surface area contributed by atoms with Crippen molar-refractivity contribution in [2.24, 2.45) is 0 Å². The second kappa shape index (κ2) is 10.8. The molecule has 0 aliphatic rings. The summed E-state index contributed by atoms with van der Waals surface area (Å²) in [6.07, 6.45) is 1.81. The Hall–Kier alpha value is -1.94. The monoisotopic (exact) mass is 357 g/mol. The Labute approximate surface area is 155 Å². The van der Waals surface area contributed by atoms with Crippen molar-refractivity contribution in [3.05, 3.63) is 65.7 Å². The van der Waals surface area contributed by atoms with Gasteiger partial charge in [0, 0.05) is 12.3 Å². The highest BCUT2D eigenvalue weighted by atomic mass is 32.2. The van der Waals surface area contributed by atoms with Crippen LogP contribution >= 0.6 is 11.8 Å². The Morgan fingerprint density at radius 2 is 1.84 bits per heavy atom. The smallest absolute Gasteiger partial charge is 0.232 e. The van der Waals surface area contributed by atoms with Crippen LogP contribution in [0.2, 0.25) is 0 Å². The summed E-state index contributed by atoms with van der Waals surface area (Å²) >= 11 is 1.67. The number of para-hydroxylation sites is 1. The number of amides is 1. The van der Waals surface area contributed by atoms with Gasteiger partial charge in [0.05, 0.1) is 11.9 Å². The molecule has 0 unspecified atom stereocenters. The number of carbonyl (C=O) groups excluding carboxylic acids is 1. The molecule has 0 spiro atoms. The number of nitrogens with one attached hydrogen (secondary N) is 1. The number of hydrogen-bond acceptors (Lipinski definition) is 3. The summed E-state index contributed by atoms with van der Waals surface area (Å²) in [5.74, 6) is 1.92. The zero-order valence-corrected chi connectivity index (χ0v) is 15.9. The third kappa shape index (κ3) is 6.83. The van der Waals surface area contributed by atoms with Crippen LogP contribution in [-0.4, -0.2) is 24.3 Å². The number of hydrogen-bond donors (Lipinski definition) is 1. The summed E-state index contributed by atoms with van der Waals surface area (Å²) in [6.45, 7) is 5.32. The first-order chi connectivity index (χ1) is 12.2. The fourth-order valence-corrected chi connectivity index (χ4v) is 3.38. The minimum Gasteiger partial charge on any atom is -0.494 e. The van der Waals surface area contributed by atoms with E-state index in [4.69, 9.17) is 4.74 Å². The second-order valence-electron chi connectivity index (χ2n) is 5.87. The summed E-state index contributed by atoms with van der Waals surface area (Å²) in [5.41, 5.74) is 2.45. The zero-order chi connectivity index (χ0) is 17.9. The molecule has 2 aromatic carbocycles. The summed E-state index contributed by atoms with van der Waals surface area (Å²) in [5, 5.41) is 2.99. The normalized spacial score (nSPS) is 11.8. The molecule has 0 bridgehead atoms. The first kappa shape index (κ1) is 19.4. The van der Waals surface area contributed by atoms with Gasteiger partial charge in [0.1, 0.15) is 5.75 Å². The largest absolute Gasteiger partial charge is 0.494 e. The highest BCUT2D eigenvalue weighted by Gasteiger charge is 2.12. The van der Waals surface area contributed by atoms with Crippen LogP contribution in [0.3, 0.4) is 0 Å². The Morgan fingerprint density at radius 1 is 1.12 bits per heavy atom. The first-order valence-electron chi connectivity index (χ1n) is 8.84. The maximum absolute atomic E-state index is 12.2. The molecule has 0 aliphatic heterocycles. The Morgan fingerprint density at radius 3 is 2.60 bits per heavy atom. The van der Waals surface area contributed by atoms with E-state index < -0.39 is 0 Å². The van der Waals surface area contributed by atoms with Gasteiger partial charge in [-0.25, -0.2) is 0 Å². The Balaban J connectivity index is 1.68. The molecule has 25 heavy (non-hydrogen) atoms. The minimum absolute atomic E-state index is 0.0454. The van der Waals surface area contributed by atoms with Crippen LogP contribution in [0, 0.1) is 0 Å². The zero-order valence-electron chi connectivity index (χ0n) is 15.0. The fraction of sp³-hybridized carbons (Fsp3) is 0.381. The highest BCUT2D eigenvalue weighted by Crippen LogP contribution is 2.20. The molecule has 1 N–H and O–H groups in total. The van der Waals surface area contributed by atoms with Crippen molar-refractivity contribution < 1.29 is 9.53 Å². The summed E-state index contributed by atoms with van der Waals surface area (Å²) in [6, 6.07) is 18.3. The molecule has 2 aromatic rings. The van der Waals surface area contributed by atoms with Gasteiger partial charge in [-0.05, 0) is 43.9 Å². The van der Waals surface area contributed by atoms with E-state index >= 15 is 0 Å². The van der Waals surface area contributed by atoms with E-state index in [0.717, 1.165) is 24.3 Å². The van der Waals surface area contributed by atoms with E-state index in [1.54, 1.807) is 11.8 Å². The van der Waals surface area contributed by atoms with E-state index in [0.29, 0.717) is 13.2 Å². The third-order valence-electron chi connectivity index (χ3n) is 3.91. The van der Waals surface area contributed by atoms with Crippen LogP contribution < -0.4 is 10.1 Å². The Bertz CT molecular complexity index is 645. The summed E-state index contributed by atoms with van der Waals surface area (Å²) in [7, 11) is 0. The van der Waals surface area contributed by atoms with Gasteiger partial charge in [0.15, 0.2) is 0 Å². The molecule has 0 radical (unpaired) electrons. The molecule has 0 aromatic heterocycles. The maximum Gasteiger partial charge on any atom is 0.232 e. The predicted octanol–water partition coefficient (Wildman–Crippen LogP) is 4.46. The van der Waals surface area contributed by atoms with Gasteiger partial charge < -0.3 is 10.1 Å². The van der Waals surface area contributed by atoms with Gasteiger partial charge in [-0.15, -0.1) is 11.8 Å². The molecule has 134 valence electrons. The van der Waals surface area contributed by atoms with E-state index in [2.05, 4.69) is 23.5 Å². The molecule has 0 heterocycles. The van der Waals surface area contributed by atoms with E-state index in [9.17, 15) is 4.79 Å². The number of carbonyl (C=O) groups is 1. The summed E-state index contributed by atoms with van der Waals surface area (Å²) < 4.78 is 5.64. The molecule has 4 heteroatoms. The van der Waals surface area contributed by atoms with Gasteiger partial charge in [-0.2, -0.15) is 0 Å². The lowest BCUT2D eigenvalue weighted by atomic mass is 10.1. The fourth-order valence-electron chi connectivity index (χ4n) is 2.51. The van der Waals surface area contributed by atoms with Crippen molar-refractivity contribution in [3.8, 4) is 5.75 Å². The van der Waals surface area contributed by atoms with Crippen molar-refractivity contribution in [2.75, 3.05) is 13.2 Å². The molecular weight excluding hydrogens is 330 g/mol. The van der Waals surface area contributed by atoms with Crippen LogP contribution in [0.4, 0.5) is 0 Å². The van der Waals surface area contributed by atoms with Crippen molar-refractivity contribution in [1.82, 2.24) is 5.32 Å². The topological polar surface area (TPSA) is 38.3 Å². The lowest BCUT2D eigenvalue weighted by Gasteiger charge is -2.13. The van der Waals surface area contributed by atoms with E-state index in [-0.39, 0.29) is 11.2 Å². The molecule has 0 fully saturated rings. The quantitative estimate of drug-likeness (QED) is 0.638. The predicted molar refractivity (Wildman–Crippen MR) is 106 cm³/mol. The van der Waals surface area contributed by atoms with Crippen molar-refractivity contribution in [2.45, 2.75) is 37.7 Å². The van der Waals surface area contributed by atoms with E-state index in [1.165, 1.54) is 11.1 Å². The average Bonchev–Trinajstić information content (AvgIpc) is 2.65. The molecule has 2 rings (SSSR count). The lowest BCUT2D eigenvalue weighted by Crippen LogP contribution is -2.31. The van der Waals surface area contributed by atoms with Gasteiger partial charge in [-0.1, -0.05) is 48.5 Å². The first-order valence-corrected chi connectivity index (χ1v) is 9.89. The number of benzene rings is 2. The van der Waals surface area contributed by atoms with Crippen LogP contribution in [0.5, 0.6) is 5.75 Å². The molecule has 0 saturated heterocycles. The van der Waals surface area contributed by atoms with Crippen molar-refractivity contribution in [3.63, 3.8) is 0 Å². The SMILES string of the molecule is CCOc1ccccc1CCCNC(=O)[C@@H](C)SCc1ccccc1. The standard InChI is InChI=1S/C21H27NO2S/c1-3-24-20-14-8-7-12-19(20)13-9-15-22-21(23)17(2)25-16-18-10-5-4-6-11-18/h4-8,10-12,14,17H,3,9,13,15-16H2,1-2H3,(H,22,23)/t17-/m1/s1. The number of rotatable bonds is 10. The molecular formula is C21H27NO2S. The minimum atomic E-state index is -0.0454. The third-order valence-corrected chi connectivity index (χ3v) is 5.12. The number of aryl methyl sites for hydroxylation is 1. The van der Waals surface area contributed by atoms with Gasteiger partial charge in [0.2, 0.25) is 5.91 Å². The van der Waals surface area contributed by atoms with Crippen LogP contribution in [0.1, 0.15) is 31.4 Å². The maximum atomic E-state index is 12.2. The van der Waals surface area contributed by atoms with Gasteiger partial charge in [-0.3, -0.25) is 4.79 Å². The van der Waals surface area contributed by atoms with Crippen LogP contribution in [0.25, 0.3) is 0 Å².